The summed E-state index contributed by atoms with van der Waals surface area (Å²) < 4.78 is 10.9. The molecule has 0 fully saturated rings. The highest BCUT2D eigenvalue weighted by Gasteiger charge is 2.17. The Hall–Kier alpha value is -2.83. The molecule has 6 nitrogen and oxygen atoms in total. The van der Waals surface area contributed by atoms with Crippen LogP contribution in [-0.4, -0.2) is 9.97 Å². The van der Waals surface area contributed by atoms with Crippen LogP contribution >= 0.6 is 11.6 Å². The van der Waals surface area contributed by atoms with Crippen LogP contribution in [0.5, 0.6) is 0 Å². The fourth-order valence-electron chi connectivity index (χ4n) is 2.99. The van der Waals surface area contributed by atoms with E-state index in [1.807, 2.05) is 24.3 Å². The molecule has 0 aliphatic heterocycles. The maximum Gasteiger partial charge on any atom is 0.258 e. The zero-order valence-electron chi connectivity index (χ0n) is 13.9. The van der Waals surface area contributed by atoms with E-state index in [0.29, 0.717) is 41.4 Å². The number of hydrogen-bond donors (Lipinski definition) is 2. The van der Waals surface area contributed by atoms with Crippen molar-refractivity contribution in [2.75, 3.05) is 0 Å². The van der Waals surface area contributed by atoms with Crippen LogP contribution in [0, 0.1) is 0 Å². The van der Waals surface area contributed by atoms with Gasteiger partial charge in [0.15, 0.2) is 17.3 Å². The number of quaternary nitrogens is 1. The standard InChI is InChI=1S/C19H16ClN3O3/c20-13-5-6-16-17(9-13)21-18(22-19(16)24)12-23(10-14-3-1-7-25-14)11-15-4-2-8-26-15/h1-9H,10-12H2,(H,21,22,24)/p+1. The van der Waals surface area contributed by atoms with Crippen molar-refractivity contribution in [1.29, 1.82) is 0 Å². The average molecular weight is 371 g/mol. The lowest BCUT2D eigenvalue weighted by Gasteiger charge is -2.17. The van der Waals surface area contributed by atoms with Crippen molar-refractivity contribution >= 4 is 22.5 Å². The van der Waals surface area contributed by atoms with E-state index >= 15 is 0 Å². The summed E-state index contributed by atoms with van der Waals surface area (Å²) in [4.78, 5) is 20.9. The minimum absolute atomic E-state index is 0.169. The highest BCUT2D eigenvalue weighted by Crippen LogP contribution is 2.14. The lowest BCUT2D eigenvalue weighted by Crippen LogP contribution is -3.08. The van der Waals surface area contributed by atoms with Crippen LogP contribution < -0.4 is 10.5 Å². The number of H-pyrrole nitrogens is 1. The monoisotopic (exact) mass is 370 g/mol. The first kappa shape index (κ1) is 16.6. The van der Waals surface area contributed by atoms with Gasteiger partial charge < -0.3 is 18.7 Å². The van der Waals surface area contributed by atoms with Crippen LogP contribution in [0.25, 0.3) is 10.9 Å². The lowest BCUT2D eigenvalue weighted by molar-refractivity contribution is -0.943. The number of nitrogens with zero attached hydrogens (tertiary/aromatic N) is 1. The molecule has 0 saturated heterocycles. The maximum absolute atomic E-state index is 12.3. The van der Waals surface area contributed by atoms with Crippen molar-refractivity contribution < 1.29 is 13.7 Å². The van der Waals surface area contributed by atoms with Gasteiger partial charge in [-0.05, 0) is 42.5 Å². The molecule has 3 heterocycles. The van der Waals surface area contributed by atoms with E-state index in [9.17, 15) is 4.79 Å². The third-order valence-electron chi connectivity index (χ3n) is 4.14. The van der Waals surface area contributed by atoms with Gasteiger partial charge in [-0.2, -0.15) is 0 Å². The predicted molar refractivity (Wildman–Crippen MR) is 96.9 cm³/mol. The van der Waals surface area contributed by atoms with Gasteiger partial charge in [-0.3, -0.25) is 4.79 Å². The highest BCUT2D eigenvalue weighted by atomic mass is 35.5. The number of aromatic nitrogens is 2. The molecule has 4 rings (SSSR count). The summed E-state index contributed by atoms with van der Waals surface area (Å²) in [7, 11) is 0. The van der Waals surface area contributed by atoms with E-state index in [1.54, 1.807) is 30.7 Å². The Bertz CT molecular complexity index is 1020. The van der Waals surface area contributed by atoms with Gasteiger partial charge in [-0.25, -0.2) is 4.98 Å². The number of rotatable bonds is 6. The van der Waals surface area contributed by atoms with Gasteiger partial charge in [0.05, 0.1) is 23.4 Å². The summed E-state index contributed by atoms with van der Waals surface area (Å²) >= 11 is 6.04. The largest absolute Gasteiger partial charge is 0.463 e. The molecular weight excluding hydrogens is 354 g/mol. The molecule has 0 atom stereocenters. The average Bonchev–Trinajstić information content (AvgIpc) is 3.28. The van der Waals surface area contributed by atoms with E-state index in [1.165, 1.54) is 0 Å². The molecule has 0 unspecified atom stereocenters. The fourth-order valence-corrected chi connectivity index (χ4v) is 3.15. The lowest BCUT2D eigenvalue weighted by atomic mass is 10.2. The number of hydrogen-bond acceptors (Lipinski definition) is 4. The molecule has 0 aliphatic carbocycles. The van der Waals surface area contributed by atoms with E-state index < -0.39 is 0 Å². The maximum atomic E-state index is 12.3. The molecule has 0 amide bonds. The Morgan fingerprint density at radius 2 is 1.69 bits per heavy atom. The number of fused-ring (bicyclic) bond motifs is 1. The summed E-state index contributed by atoms with van der Waals surface area (Å²) in [6.07, 6.45) is 3.30. The van der Waals surface area contributed by atoms with Crippen LogP contribution in [0.15, 0.2) is 68.6 Å². The van der Waals surface area contributed by atoms with Crippen molar-refractivity contribution in [1.82, 2.24) is 9.97 Å². The highest BCUT2D eigenvalue weighted by molar-refractivity contribution is 6.31. The first-order chi connectivity index (χ1) is 12.7. The molecular formula is C19H17ClN3O3+. The van der Waals surface area contributed by atoms with E-state index in [-0.39, 0.29) is 5.56 Å². The summed E-state index contributed by atoms with van der Waals surface area (Å²) in [6.45, 7) is 1.80. The van der Waals surface area contributed by atoms with Crippen molar-refractivity contribution in [3.05, 3.63) is 87.7 Å². The Labute approximate surface area is 154 Å². The quantitative estimate of drug-likeness (QED) is 0.547. The van der Waals surface area contributed by atoms with Gasteiger partial charge >= 0.3 is 0 Å². The summed E-state index contributed by atoms with van der Waals surface area (Å²) in [5, 5.41) is 1.08. The Morgan fingerprint density at radius 3 is 2.31 bits per heavy atom. The number of halogens is 1. The van der Waals surface area contributed by atoms with Crippen molar-refractivity contribution in [3.8, 4) is 0 Å². The number of nitrogens with one attached hydrogen (secondary N) is 2. The Morgan fingerprint density at radius 1 is 1.00 bits per heavy atom. The van der Waals surface area contributed by atoms with Gasteiger partial charge in [0.25, 0.3) is 5.56 Å². The third-order valence-corrected chi connectivity index (χ3v) is 4.38. The van der Waals surface area contributed by atoms with E-state index in [2.05, 4.69) is 9.97 Å². The summed E-state index contributed by atoms with van der Waals surface area (Å²) in [5.74, 6) is 2.31. The zero-order valence-corrected chi connectivity index (χ0v) is 14.6. The molecule has 0 radical (unpaired) electrons. The van der Waals surface area contributed by atoms with E-state index in [0.717, 1.165) is 16.4 Å². The number of furan rings is 2. The topological polar surface area (TPSA) is 76.5 Å². The smallest absolute Gasteiger partial charge is 0.258 e. The molecule has 26 heavy (non-hydrogen) atoms. The second-order valence-electron chi connectivity index (χ2n) is 6.11. The number of aromatic amines is 1. The van der Waals surface area contributed by atoms with Crippen molar-refractivity contribution in [3.63, 3.8) is 0 Å². The summed E-state index contributed by atoms with van der Waals surface area (Å²) in [6, 6.07) is 12.6. The van der Waals surface area contributed by atoms with Crippen LogP contribution in [0.1, 0.15) is 17.3 Å². The zero-order chi connectivity index (χ0) is 17.9. The molecule has 0 saturated carbocycles. The first-order valence-corrected chi connectivity index (χ1v) is 8.62. The molecule has 0 aliphatic rings. The van der Waals surface area contributed by atoms with Crippen LogP contribution in [-0.2, 0) is 19.6 Å². The van der Waals surface area contributed by atoms with Gasteiger partial charge in [0.2, 0.25) is 0 Å². The Kier molecular flexibility index (Phi) is 4.60. The van der Waals surface area contributed by atoms with Crippen LogP contribution in [0.3, 0.4) is 0 Å². The molecule has 1 aromatic carbocycles. The van der Waals surface area contributed by atoms with Crippen molar-refractivity contribution in [2.24, 2.45) is 0 Å². The van der Waals surface area contributed by atoms with Crippen LogP contribution in [0.2, 0.25) is 5.02 Å². The number of benzene rings is 1. The molecule has 3 aromatic heterocycles. The minimum Gasteiger partial charge on any atom is -0.463 e. The van der Waals surface area contributed by atoms with Crippen molar-refractivity contribution in [2.45, 2.75) is 19.6 Å². The SMILES string of the molecule is O=c1[nH]c(C[NH+](Cc2ccco2)Cc2ccco2)nc2cc(Cl)ccc12. The second-order valence-corrected chi connectivity index (χ2v) is 6.55. The fraction of sp³-hybridized carbons (Fsp3) is 0.158. The van der Waals surface area contributed by atoms with Gasteiger partial charge in [0.1, 0.15) is 19.6 Å². The molecule has 2 N–H and O–H groups in total. The molecule has 7 heteroatoms. The van der Waals surface area contributed by atoms with Crippen LogP contribution in [0.4, 0.5) is 0 Å². The van der Waals surface area contributed by atoms with Gasteiger partial charge in [0, 0.05) is 5.02 Å². The first-order valence-electron chi connectivity index (χ1n) is 8.24. The third kappa shape index (κ3) is 3.71. The molecule has 132 valence electrons. The second kappa shape index (κ2) is 7.19. The normalized spacial score (nSPS) is 11.5. The molecule has 0 spiro atoms. The van der Waals surface area contributed by atoms with Gasteiger partial charge in [-0.1, -0.05) is 11.6 Å². The minimum atomic E-state index is -0.169. The molecule has 4 aromatic rings. The van der Waals surface area contributed by atoms with Gasteiger partial charge in [-0.15, -0.1) is 0 Å². The summed E-state index contributed by atoms with van der Waals surface area (Å²) in [5.41, 5.74) is 0.420. The predicted octanol–water partition coefficient (Wildman–Crippen LogP) is 2.55. The van der Waals surface area contributed by atoms with E-state index in [4.69, 9.17) is 20.4 Å². The Balaban J connectivity index is 1.63. The molecule has 0 bridgehead atoms.